The first kappa shape index (κ1) is 19.8. The van der Waals surface area contributed by atoms with Gasteiger partial charge in [0.05, 0.1) is 13.2 Å². The first-order valence-corrected chi connectivity index (χ1v) is 9.10. The second kappa shape index (κ2) is 9.29. The fraction of sp³-hybridized carbons (Fsp3) is 0.529. The fourth-order valence-corrected chi connectivity index (χ4v) is 3.01. The van der Waals surface area contributed by atoms with Gasteiger partial charge in [-0.1, -0.05) is 0 Å². The van der Waals surface area contributed by atoms with Gasteiger partial charge in [-0.05, 0) is 19.8 Å². The molecule has 9 nitrogen and oxygen atoms in total. The minimum absolute atomic E-state index is 0.0461. The lowest BCUT2D eigenvalue weighted by Crippen LogP contribution is -2.46. The van der Waals surface area contributed by atoms with Gasteiger partial charge in [-0.25, -0.2) is 19.7 Å². The van der Waals surface area contributed by atoms with Crippen molar-refractivity contribution in [2.45, 2.75) is 38.9 Å². The number of nitrogens with zero attached hydrogens (tertiary/aromatic N) is 5. The Balaban J connectivity index is 1.45. The number of nitrogens with one attached hydrogen (secondary N) is 2. The molecule has 0 aliphatic carbocycles. The summed E-state index contributed by atoms with van der Waals surface area (Å²) in [6.45, 7) is 0.793. The molecule has 0 radical (unpaired) electrons. The van der Waals surface area contributed by atoms with Gasteiger partial charge in [0, 0.05) is 37.6 Å². The van der Waals surface area contributed by atoms with E-state index < -0.39 is 6.55 Å². The van der Waals surface area contributed by atoms with E-state index in [2.05, 4.69) is 25.6 Å². The molecule has 1 aliphatic heterocycles. The molecule has 0 spiro atoms. The largest absolute Gasteiger partial charge is 0.478 e. The predicted molar refractivity (Wildman–Crippen MR) is 97.1 cm³/mol. The maximum Gasteiger partial charge on any atom is 0.319 e. The highest BCUT2D eigenvalue weighted by atomic mass is 19.3. The number of urea groups is 1. The predicted octanol–water partition coefficient (Wildman–Crippen LogP) is 2.25. The van der Waals surface area contributed by atoms with Crippen LogP contribution in [0, 0.1) is 0 Å². The summed E-state index contributed by atoms with van der Waals surface area (Å²) in [5, 5.41) is 5.98. The van der Waals surface area contributed by atoms with Crippen molar-refractivity contribution in [2.75, 3.05) is 25.0 Å². The van der Waals surface area contributed by atoms with E-state index in [0.29, 0.717) is 31.4 Å². The average Bonchev–Trinajstić information content (AvgIpc) is 3.16. The number of alkyl halides is 2. The third-order valence-corrected chi connectivity index (χ3v) is 4.43. The molecule has 3 rings (SSSR count). The number of ether oxygens (including phenoxy) is 1. The molecule has 152 valence electrons. The average molecular weight is 395 g/mol. The maximum atomic E-state index is 12.8. The summed E-state index contributed by atoms with van der Waals surface area (Å²) in [5.41, 5.74) is 0. The van der Waals surface area contributed by atoms with E-state index in [1.54, 1.807) is 11.0 Å². The number of amides is 2. The van der Waals surface area contributed by atoms with Crippen molar-refractivity contribution < 1.29 is 18.3 Å². The molecule has 2 N–H and O–H groups in total. The highest BCUT2D eigenvalue weighted by Crippen LogP contribution is 2.18. The molecular weight excluding hydrogens is 372 g/mol. The molecule has 0 atom stereocenters. The van der Waals surface area contributed by atoms with Gasteiger partial charge < -0.3 is 20.3 Å². The zero-order valence-electron chi connectivity index (χ0n) is 15.5. The normalized spacial score (nSPS) is 14.9. The lowest BCUT2D eigenvalue weighted by Gasteiger charge is -2.32. The molecule has 11 heteroatoms. The van der Waals surface area contributed by atoms with Gasteiger partial charge in [-0.2, -0.15) is 8.78 Å². The Morgan fingerprint density at radius 3 is 2.82 bits per heavy atom. The number of hydrogen-bond donors (Lipinski definition) is 2. The summed E-state index contributed by atoms with van der Waals surface area (Å²) >= 11 is 0. The number of anilines is 1. The Bertz CT molecular complexity index is 778. The molecule has 0 unspecified atom stereocenters. The number of rotatable bonds is 7. The maximum absolute atomic E-state index is 12.8. The molecule has 3 heterocycles. The first-order chi connectivity index (χ1) is 13.6. The van der Waals surface area contributed by atoms with Gasteiger partial charge in [-0.15, -0.1) is 0 Å². The molecular formula is C17H23F2N7O2. The minimum atomic E-state index is -2.68. The summed E-state index contributed by atoms with van der Waals surface area (Å²) in [5.74, 6) is 1.31. The number of aromatic nitrogens is 4. The number of carbonyl (C=O) groups is 1. The first-order valence-electron chi connectivity index (χ1n) is 9.10. The summed E-state index contributed by atoms with van der Waals surface area (Å²) in [4.78, 5) is 26.0. The van der Waals surface area contributed by atoms with Gasteiger partial charge in [0.1, 0.15) is 18.0 Å². The smallest absolute Gasteiger partial charge is 0.319 e. The lowest BCUT2D eigenvalue weighted by molar-refractivity contribution is 0.0665. The van der Waals surface area contributed by atoms with Crippen LogP contribution in [0.2, 0.25) is 0 Å². The van der Waals surface area contributed by atoms with E-state index in [9.17, 15) is 13.6 Å². The second-order valence-corrected chi connectivity index (χ2v) is 6.27. The molecule has 28 heavy (non-hydrogen) atoms. The molecule has 2 amide bonds. The molecule has 2 aromatic heterocycles. The molecule has 1 saturated heterocycles. The minimum Gasteiger partial charge on any atom is -0.478 e. The second-order valence-electron chi connectivity index (χ2n) is 6.27. The number of carbonyl (C=O) groups excluding carboxylic acids is 1. The van der Waals surface area contributed by atoms with Gasteiger partial charge in [0.2, 0.25) is 5.88 Å². The number of hydrogen-bond acceptors (Lipinski definition) is 6. The Hall–Kier alpha value is -2.98. The molecule has 1 fully saturated rings. The van der Waals surface area contributed by atoms with Crippen LogP contribution in [0.5, 0.6) is 5.88 Å². The van der Waals surface area contributed by atoms with E-state index in [1.807, 2.05) is 6.92 Å². The molecule has 0 aromatic carbocycles. The zero-order valence-corrected chi connectivity index (χ0v) is 15.5. The Labute approximate surface area is 161 Å². The van der Waals surface area contributed by atoms with Crippen LogP contribution >= 0.6 is 0 Å². The van der Waals surface area contributed by atoms with Crippen molar-refractivity contribution in [1.29, 1.82) is 0 Å². The van der Waals surface area contributed by atoms with Crippen molar-refractivity contribution in [2.24, 2.45) is 0 Å². The van der Waals surface area contributed by atoms with Gasteiger partial charge in [-0.3, -0.25) is 4.57 Å². The quantitative estimate of drug-likeness (QED) is 0.746. The SMILES string of the molecule is CCOc1cc(NC2CCN(C(=O)NCc3nccn3C(F)F)CC2)ncn1. The summed E-state index contributed by atoms with van der Waals surface area (Å²) < 4.78 is 31.7. The number of imidazole rings is 1. The number of halogens is 2. The third kappa shape index (κ3) is 5.05. The number of piperidine rings is 1. The van der Waals surface area contributed by atoms with Crippen LogP contribution < -0.4 is 15.4 Å². The fourth-order valence-electron chi connectivity index (χ4n) is 3.01. The molecule has 2 aromatic rings. The zero-order chi connectivity index (χ0) is 19.9. The molecule has 0 bridgehead atoms. The van der Waals surface area contributed by atoms with E-state index in [-0.39, 0.29) is 24.4 Å². The topological polar surface area (TPSA) is 97.2 Å². The lowest BCUT2D eigenvalue weighted by atomic mass is 10.1. The van der Waals surface area contributed by atoms with Crippen molar-refractivity contribution >= 4 is 11.8 Å². The van der Waals surface area contributed by atoms with Crippen LogP contribution in [0.3, 0.4) is 0 Å². The van der Waals surface area contributed by atoms with Gasteiger partial charge >= 0.3 is 12.6 Å². The Morgan fingerprint density at radius 2 is 2.11 bits per heavy atom. The Kier molecular flexibility index (Phi) is 6.56. The molecule has 1 aliphatic rings. The van der Waals surface area contributed by atoms with Gasteiger partial charge in [0.25, 0.3) is 0 Å². The van der Waals surface area contributed by atoms with Crippen LogP contribution in [0.4, 0.5) is 19.4 Å². The standard InChI is InChI=1S/C17H23F2N7O2/c1-2-28-15-9-13(22-11-23-15)24-12-3-6-25(7-4-12)17(27)21-10-14-20-5-8-26(14)16(18)19/h5,8-9,11-12,16H,2-4,6-7,10H2,1H3,(H,21,27)(H,22,23,24). The van der Waals surface area contributed by atoms with Crippen LogP contribution in [0.15, 0.2) is 24.8 Å². The van der Waals surface area contributed by atoms with Crippen molar-refractivity contribution in [3.63, 3.8) is 0 Å². The van der Waals surface area contributed by atoms with E-state index in [0.717, 1.165) is 17.4 Å². The summed E-state index contributed by atoms with van der Waals surface area (Å²) in [7, 11) is 0. The van der Waals surface area contributed by atoms with Crippen LogP contribution in [0.1, 0.15) is 32.1 Å². The summed E-state index contributed by atoms with van der Waals surface area (Å²) in [6, 6.07) is 1.63. The van der Waals surface area contributed by atoms with E-state index in [4.69, 9.17) is 4.74 Å². The van der Waals surface area contributed by atoms with Crippen LogP contribution in [-0.2, 0) is 6.54 Å². The van der Waals surface area contributed by atoms with Crippen LogP contribution in [0.25, 0.3) is 0 Å². The van der Waals surface area contributed by atoms with E-state index in [1.165, 1.54) is 18.7 Å². The van der Waals surface area contributed by atoms with E-state index >= 15 is 0 Å². The van der Waals surface area contributed by atoms with Crippen molar-refractivity contribution in [3.05, 3.63) is 30.6 Å². The van der Waals surface area contributed by atoms with Crippen LogP contribution in [-0.4, -0.2) is 56.2 Å². The van der Waals surface area contributed by atoms with Crippen molar-refractivity contribution in [1.82, 2.24) is 29.7 Å². The highest BCUT2D eigenvalue weighted by Gasteiger charge is 2.23. The number of likely N-dealkylation sites (tertiary alicyclic amines) is 1. The van der Waals surface area contributed by atoms with Crippen molar-refractivity contribution in [3.8, 4) is 5.88 Å². The highest BCUT2D eigenvalue weighted by molar-refractivity contribution is 5.74. The summed E-state index contributed by atoms with van der Waals surface area (Å²) in [6.07, 6.45) is 5.40. The molecule has 0 saturated carbocycles. The van der Waals surface area contributed by atoms with Gasteiger partial charge in [0.15, 0.2) is 0 Å². The Morgan fingerprint density at radius 1 is 1.32 bits per heavy atom. The third-order valence-electron chi connectivity index (χ3n) is 4.43. The monoisotopic (exact) mass is 395 g/mol.